The van der Waals surface area contributed by atoms with Crippen LogP contribution in [0.1, 0.15) is 23.6 Å². The Kier molecular flexibility index (Phi) is 8.40. The number of carbonyl (C=O) groups excluding carboxylic acids is 2. The molecule has 6 heteroatoms. The minimum atomic E-state index is -0.725. The van der Waals surface area contributed by atoms with Gasteiger partial charge in [-0.2, -0.15) is 0 Å². The first kappa shape index (κ1) is 23.5. The number of amides is 2. The summed E-state index contributed by atoms with van der Waals surface area (Å²) in [6.07, 6.45) is 0.424. The molecule has 0 aromatic heterocycles. The molecule has 2 amide bonds. The third-order valence-corrected chi connectivity index (χ3v) is 5.56. The molecule has 32 heavy (non-hydrogen) atoms. The predicted octanol–water partition coefficient (Wildman–Crippen LogP) is 4.80. The zero-order valence-electron chi connectivity index (χ0n) is 17.9. The van der Waals surface area contributed by atoms with Gasteiger partial charge in [-0.15, -0.1) is 0 Å². The van der Waals surface area contributed by atoms with Crippen molar-refractivity contribution in [1.82, 2.24) is 10.2 Å². The van der Waals surface area contributed by atoms with Crippen LogP contribution in [0.5, 0.6) is 0 Å². The number of likely N-dealkylation sites (N-methyl/N-ethyl adjacent to an activating group) is 1. The number of nitrogens with one attached hydrogen (secondary N) is 1. The van der Waals surface area contributed by atoms with Gasteiger partial charge in [0.15, 0.2) is 0 Å². The Balaban J connectivity index is 1.95. The Morgan fingerprint density at radius 2 is 1.59 bits per heavy atom. The average Bonchev–Trinajstić information content (AvgIpc) is 2.79. The molecule has 0 bridgehead atoms. The number of hydrogen-bond acceptors (Lipinski definition) is 2. The van der Waals surface area contributed by atoms with Crippen molar-refractivity contribution in [2.45, 2.75) is 32.4 Å². The van der Waals surface area contributed by atoms with Crippen LogP contribution in [0.2, 0.25) is 5.02 Å². The normalized spacial score (nSPS) is 11.6. The highest BCUT2D eigenvalue weighted by Crippen LogP contribution is 2.20. The minimum absolute atomic E-state index is 0.0611. The zero-order chi connectivity index (χ0) is 22.9. The molecule has 0 saturated heterocycles. The largest absolute Gasteiger partial charge is 0.355 e. The lowest BCUT2D eigenvalue weighted by atomic mass is 10.0. The fourth-order valence-corrected chi connectivity index (χ4v) is 3.74. The summed E-state index contributed by atoms with van der Waals surface area (Å²) in [7, 11) is 0. The average molecular weight is 453 g/mol. The molecule has 0 fully saturated rings. The zero-order valence-corrected chi connectivity index (χ0v) is 18.7. The van der Waals surface area contributed by atoms with Gasteiger partial charge in [0, 0.05) is 24.5 Å². The maximum atomic E-state index is 13.5. The molecule has 1 N–H and O–H groups in total. The van der Waals surface area contributed by atoms with Gasteiger partial charge in [-0.05, 0) is 41.8 Å². The van der Waals surface area contributed by atoms with E-state index in [0.29, 0.717) is 23.6 Å². The molecule has 1 atom stereocenters. The van der Waals surface area contributed by atoms with Crippen molar-refractivity contribution in [3.05, 3.63) is 106 Å². The summed E-state index contributed by atoms with van der Waals surface area (Å²) in [4.78, 5) is 28.1. The molecule has 166 valence electrons. The fraction of sp³-hybridized carbons (Fsp3) is 0.231. The van der Waals surface area contributed by atoms with Gasteiger partial charge in [0.1, 0.15) is 11.9 Å². The van der Waals surface area contributed by atoms with E-state index in [1.54, 1.807) is 35.2 Å². The van der Waals surface area contributed by atoms with E-state index in [2.05, 4.69) is 5.32 Å². The van der Waals surface area contributed by atoms with Crippen LogP contribution in [-0.2, 0) is 29.0 Å². The topological polar surface area (TPSA) is 49.4 Å². The monoisotopic (exact) mass is 452 g/mol. The summed E-state index contributed by atoms with van der Waals surface area (Å²) < 4.78 is 13.4. The van der Waals surface area contributed by atoms with E-state index in [1.807, 2.05) is 43.3 Å². The van der Waals surface area contributed by atoms with E-state index in [1.165, 1.54) is 12.1 Å². The molecule has 0 heterocycles. The van der Waals surface area contributed by atoms with Gasteiger partial charge >= 0.3 is 0 Å². The van der Waals surface area contributed by atoms with Crippen LogP contribution in [-0.4, -0.2) is 29.3 Å². The second-order valence-corrected chi connectivity index (χ2v) is 7.92. The summed E-state index contributed by atoms with van der Waals surface area (Å²) in [5, 5.41) is 3.35. The minimum Gasteiger partial charge on any atom is -0.355 e. The Labute approximate surface area is 193 Å². The molecular weight excluding hydrogens is 427 g/mol. The Morgan fingerprint density at radius 3 is 2.25 bits per heavy atom. The first-order valence-electron chi connectivity index (χ1n) is 10.6. The molecule has 0 aliphatic carbocycles. The molecule has 0 unspecified atom stereocenters. The highest BCUT2D eigenvalue weighted by atomic mass is 35.5. The second-order valence-electron chi connectivity index (χ2n) is 7.52. The van der Waals surface area contributed by atoms with E-state index in [4.69, 9.17) is 11.6 Å². The van der Waals surface area contributed by atoms with Crippen LogP contribution in [0, 0.1) is 5.82 Å². The molecule has 3 aromatic carbocycles. The van der Waals surface area contributed by atoms with E-state index in [9.17, 15) is 14.0 Å². The van der Waals surface area contributed by atoms with Gasteiger partial charge in [0.05, 0.1) is 6.42 Å². The van der Waals surface area contributed by atoms with Crippen LogP contribution in [0.15, 0.2) is 78.9 Å². The van der Waals surface area contributed by atoms with Crippen molar-refractivity contribution in [2.75, 3.05) is 6.54 Å². The Bertz CT molecular complexity index is 1040. The van der Waals surface area contributed by atoms with Crippen LogP contribution in [0.25, 0.3) is 0 Å². The van der Waals surface area contributed by atoms with Gasteiger partial charge in [0.2, 0.25) is 11.8 Å². The van der Waals surface area contributed by atoms with E-state index < -0.39 is 6.04 Å². The number of rotatable bonds is 9. The second kappa shape index (κ2) is 11.4. The molecule has 3 rings (SSSR count). The number of hydrogen-bond donors (Lipinski definition) is 1. The molecule has 3 aromatic rings. The van der Waals surface area contributed by atoms with Gasteiger partial charge < -0.3 is 10.2 Å². The fourth-order valence-electron chi connectivity index (χ4n) is 3.54. The van der Waals surface area contributed by atoms with Crippen molar-refractivity contribution < 1.29 is 14.0 Å². The summed E-state index contributed by atoms with van der Waals surface area (Å²) in [5.74, 6) is -0.812. The van der Waals surface area contributed by atoms with E-state index in [0.717, 1.165) is 11.1 Å². The lowest BCUT2D eigenvalue weighted by Crippen LogP contribution is -2.51. The van der Waals surface area contributed by atoms with Gasteiger partial charge in [0.25, 0.3) is 0 Å². The first-order chi connectivity index (χ1) is 15.5. The summed E-state index contributed by atoms with van der Waals surface area (Å²) in [6.45, 7) is 2.47. The van der Waals surface area contributed by atoms with E-state index in [-0.39, 0.29) is 30.6 Å². The van der Waals surface area contributed by atoms with Gasteiger partial charge in [-0.1, -0.05) is 72.3 Å². The quantitative estimate of drug-likeness (QED) is 0.507. The third-order valence-electron chi connectivity index (χ3n) is 5.19. The third kappa shape index (κ3) is 6.41. The number of carbonyl (C=O) groups is 2. The number of nitrogens with zero attached hydrogens (tertiary/aromatic N) is 1. The molecule has 0 saturated carbocycles. The molecule has 4 nitrogen and oxygen atoms in total. The van der Waals surface area contributed by atoms with Crippen molar-refractivity contribution in [3.8, 4) is 0 Å². The van der Waals surface area contributed by atoms with Gasteiger partial charge in [-0.3, -0.25) is 9.59 Å². The Morgan fingerprint density at radius 1 is 0.938 bits per heavy atom. The van der Waals surface area contributed by atoms with Crippen molar-refractivity contribution in [2.24, 2.45) is 0 Å². The molecule has 0 aliphatic rings. The summed E-state index contributed by atoms with van der Waals surface area (Å²) in [5.41, 5.74) is 2.37. The van der Waals surface area contributed by atoms with Gasteiger partial charge in [-0.25, -0.2) is 4.39 Å². The first-order valence-corrected chi connectivity index (χ1v) is 10.9. The van der Waals surface area contributed by atoms with E-state index >= 15 is 0 Å². The number of halogens is 2. The maximum absolute atomic E-state index is 13.5. The van der Waals surface area contributed by atoms with Crippen LogP contribution in [0.3, 0.4) is 0 Å². The molecular formula is C26H26ClFN2O2. The molecule has 0 spiro atoms. The SMILES string of the molecule is CCNC(=O)[C@@H](Cc1ccccc1)N(Cc1ccc(F)cc1)C(=O)Cc1ccccc1Cl. The van der Waals surface area contributed by atoms with Crippen LogP contribution in [0.4, 0.5) is 4.39 Å². The maximum Gasteiger partial charge on any atom is 0.243 e. The highest BCUT2D eigenvalue weighted by molar-refractivity contribution is 6.31. The van der Waals surface area contributed by atoms with Crippen LogP contribution >= 0.6 is 11.6 Å². The van der Waals surface area contributed by atoms with Crippen molar-refractivity contribution in [1.29, 1.82) is 0 Å². The summed E-state index contributed by atoms with van der Waals surface area (Å²) >= 11 is 6.28. The lowest BCUT2D eigenvalue weighted by Gasteiger charge is -2.31. The standard InChI is InChI=1S/C26H26ClFN2O2/c1-2-29-26(32)24(16-19-8-4-3-5-9-19)30(18-20-12-14-22(28)15-13-20)25(31)17-21-10-6-7-11-23(21)27/h3-15,24H,2,16-18H2,1H3,(H,29,32)/t24-/m1/s1. The van der Waals surface area contributed by atoms with Crippen molar-refractivity contribution in [3.63, 3.8) is 0 Å². The smallest absolute Gasteiger partial charge is 0.243 e. The van der Waals surface area contributed by atoms with Crippen LogP contribution < -0.4 is 5.32 Å². The molecule has 0 aliphatic heterocycles. The Hall–Kier alpha value is -3.18. The predicted molar refractivity (Wildman–Crippen MR) is 125 cm³/mol. The highest BCUT2D eigenvalue weighted by Gasteiger charge is 2.30. The van der Waals surface area contributed by atoms with Crippen molar-refractivity contribution >= 4 is 23.4 Å². The summed E-state index contributed by atoms with van der Waals surface area (Å²) in [6, 6.07) is 22.0. The number of benzene rings is 3. The molecule has 0 radical (unpaired) electrons. The lowest BCUT2D eigenvalue weighted by molar-refractivity contribution is -0.140.